The van der Waals surface area contributed by atoms with Gasteiger partial charge < -0.3 is 34.6 Å². The van der Waals surface area contributed by atoms with Gasteiger partial charge in [-0.15, -0.1) is 13.2 Å². The van der Waals surface area contributed by atoms with Gasteiger partial charge in [0.25, 0.3) is 5.91 Å². The van der Waals surface area contributed by atoms with Crippen molar-refractivity contribution in [1.29, 1.82) is 0 Å². The smallest absolute Gasteiger partial charge is 0.472 e. The fourth-order valence-corrected chi connectivity index (χ4v) is 9.38. The minimum Gasteiger partial charge on any atom is -0.472 e. The Morgan fingerprint density at radius 1 is 0.984 bits per heavy atom. The minimum atomic E-state index is -4.88. The minimum absolute atomic E-state index is 0.0814. The predicted molar refractivity (Wildman–Crippen MR) is 227 cm³/mol. The molecule has 1 saturated heterocycles. The fraction of sp³-hybridized carbons (Fsp3) is 0.523. The summed E-state index contributed by atoms with van der Waals surface area (Å²) in [5, 5.41) is 6.14. The summed E-state index contributed by atoms with van der Waals surface area (Å²) in [4.78, 5) is 64.3. The number of amides is 4. The second-order valence-electron chi connectivity index (χ2n) is 17.9. The molecule has 7 rings (SSSR count). The lowest BCUT2D eigenvalue weighted by Gasteiger charge is -2.30. The first-order valence-electron chi connectivity index (χ1n) is 21.1. The largest absolute Gasteiger partial charge is 0.573 e. The van der Waals surface area contributed by atoms with Crippen LogP contribution < -0.4 is 29.7 Å². The highest BCUT2D eigenvalue weighted by Gasteiger charge is 2.62. The van der Waals surface area contributed by atoms with E-state index in [2.05, 4.69) is 20.1 Å². The van der Waals surface area contributed by atoms with E-state index in [1.165, 1.54) is 29.2 Å². The first-order valence-corrected chi connectivity index (χ1v) is 22.7. The number of pyridine rings is 1. The third-order valence-electron chi connectivity index (χ3n) is 11.5. The van der Waals surface area contributed by atoms with Crippen LogP contribution in [0.25, 0.3) is 22.0 Å². The lowest BCUT2D eigenvalue weighted by atomic mass is 10.0. The molecule has 15 nitrogen and oxygen atoms in total. The number of benzene rings is 2. The van der Waals surface area contributed by atoms with E-state index in [-0.39, 0.29) is 31.7 Å². The third kappa shape index (κ3) is 11.0. The van der Waals surface area contributed by atoms with Gasteiger partial charge in [0.1, 0.15) is 35.1 Å². The molecule has 2 aliphatic heterocycles. The highest BCUT2D eigenvalue weighted by Crippen LogP contribution is 2.46. The van der Waals surface area contributed by atoms with Crippen LogP contribution in [0.4, 0.5) is 23.7 Å². The number of nitrogens with one attached hydrogen (secondary N) is 3. The first-order chi connectivity index (χ1) is 29.6. The number of fused-ring (bicyclic) bond motifs is 3. The van der Waals surface area contributed by atoms with Gasteiger partial charge in [-0.2, -0.15) is 0 Å². The van der Waals surface area contributed by atoms with Crippen LogP contribution in [-0.2, 0) is 29.1 Å². The molecule has 0 bridgehead atoms. The molecule has 4 amide bonds. The van der Waals surface area contributed by atoms with E-state index in [9.17, 15) is 40.8 Å². The molecule has 19 heteroatoms. The number of aromatic nitrogens is 1. The van der Waals surface area contributed by atoms with E-state index < -0.39 is 86.4 Å². The van der Waals surface area contributed by atoms with Crippen molar-refractivity contribution in [3.8, 4) is 22.9 Å². The van der Waals surface area contributed by atoms with Crippen molar-refractivity contribution in [3.63, 3.8) is 0 Å². The van der Waals surface area contributed by atoms with Crippen molar-refractivity contribution in [2.75, 3.05) is 25.5 Å². The summed E-state index contributed by atoms with van der Waals surface area (Å²) in [5.74, 6) is -2.92. The molecule has 340 valence electrons. The van der Waals surface area contributed by atoms with E-state index in [1.54, 1.807) is 26.8 Å². The third-order valence-corrected chi connectivity index (χ3v) is 13.3. The van der Waals surface area contributed by atoms with Crippen molar-refractivity contribution < 1.29 is 55.0 Å². The monoisotopic (exact) mass is 898 g/mol. The van der Waals surface area contributed by atoms with Crippen molar-refractivity contribution in [3.05, 3.63) is 60.7 Å². The number of allylic oxidation sites excluding steroid dienone is 1. The number of sulfonamides is 1. The Kier molecular flexibility index (Phi) is 12.6. The molecule has 0 radical (unpaired) electrons. The maximum Gasteiger partial charge on any atom is 0.573 e. The van der Waals surface area contributed by atoms with Gasteiger partial charge in [0.15, 0.2) is 0 Å². The summed E-state index contributed by atoms with van der Waals surface area (Å²) < 4.78 is 83.1. The summed E-state index contributed by atoms with van der Waals surface area (Å²) in [6.07, 6.45) is 0.966. The maximum atomic E-state index is 14.7. The topological polar surface area (TPSA) is 186 Å². The van der Waals surface area contributed by atoms with Crippen molar-refractivity contribution in [2.24, 2.45) is 5.92 Å². The Bertz CT molecular complexity index is 2380. The van der Waals surface area contributed by atoms with Gasteiger partial charge in [-0.3, -0.25) is 19.1 Å². The molecule has 1 unspecified atom stereocenters. The number of halogens is 3. The van der Waals surface area contributed by atoms with Crippen LogP contribution in [0.3, 0.4) is 0 Å². The summed E-state index contributed by atoms with van der Waals surface area (Å²) in [6, 6.07) is 10.2. The molecular formula is C44H53F3N6O9S. The van der Waals surface area contributed by atoms with Gasteiger partial charge in [0.2, 0.25) is 27.7 Å². The lowest BCUT2D eigenvalue weighted by Crippen LogP contribution is -2.58. The van der Waals surface area contributed by atoms with Crippen LogP contribution in [0.2, 0.25) is 0 Å². The highest BCUT2D eigenvalue weighted by atomic mass is 32.2. The Hall–Kier alpha value is -5.59. The lowest BCUT2D eigenvalue weighted by molar-refractivity contribution is -0.274. The number of carbonyl (C=O) groups excluding carboxylic acids is 4. The molecule has 1 aromatic heterocycles. The van der Waals surface area contributed by atoms with Gasteiger partial charge >= 0.3 is 12.5 Å². The molecule has 3 N–H and O–H groups in total. The zero-order chi connectivity index (χ0) is 45.5. The zero-order valence-corrected chi connectivity index (χ0v) is 36.6. The molecule has 2 aromatic carbocycles. The number of hydrogen-bond acceptors (Lipinski definition) is 11. The van der Waals surface area contributed by atoms with E-state index in [0.717, 1.165) is 12.1 Å². The standard InChI is InChI=1S/C44H53F3N6O9S/c1-42(2,3)62-41(57)49-34-12-10-8-6-7-9-11-28-24-43(28,40(56)51-63(58,59)32-18-19-32)50-37(54)36-23-31(25-53(36)39(34)55)60-38-33-20-15-29(52(4)5)21-27(33)22-35(48-38)26-13-16-30(17-14-26)61-44(45,46)47/h9,11,13-17,20-22,28,31-32,34,36H,6-8,10,12,18-19,23-25H2,1-5H3,(H,49,57)(H,50,54)(H,51,56)/b11-9-/t28-,31?,34+,36+,43-/m1/s1. The number of alkyl carbamates (subject to hydrolysis) is 1. The van der Waals surface area contributed by atoms with E-state index in [1.807, 2.05) is 49.3 Å². The van der Waals surface area contributed by atoms with Crippen LogP contribution in [0.5, 0.6) is 11.6 Å². The van der Waals surface area contributed by atoms with Gasteiger partial charge in [0, 0.05) is 43.1 Å². The Labute approximate surface area is 364 Å². The molecular weight excluding hydrogens is 846 g/mol. The number of ether oxygens (including phenoxy) is 3. The van der Waals surface area contributed by atoms with Gasteiger partial charge in [-0.1, -0.05) is 25.0 Å². The number of alkyl halides is 3. The zero-order valence-electron chi connectivity index (χ0n) is 35.8. The molecule has 3 aromatic rings. The van der Waals surface area contributed by atoms with E-state index in [4.69, 9.17) is 14.5 Å². The first kappa shape index (κ1) is 45.4. The van der Waals surface area contributed by atoms with E-state index in [0.29, 0.717) is 54.1 Å². The van der Waals surface area contributed by atoms with Crippen LogP contribution in [-0.4, -0.2) is 104 Å². The second-order valence-corrected chi connectivity index (χ2v) is 19.8. The number of nitrogens with zero attached hydrogens (tertiary/aromatic N) is 3. The molecule has 3 fully saturated rings. The second kappa shape index (κ2) is 17.5. The molecule has 3 heterocycles. The Morgan fingerprint density at radius 2 is 1.71 bits per heavy atom. The van der Waals surface area contributed by atoms with E-state index >= 15 is 0 Å². The van der Waals surface area contributed by atoms with Crippen LogP contribution in [0, 0.1) is 5.92 Å². The van der Waals surface area contributed by atoms with Gasteiger partial charge in [0.05, 0.1) is 17.5 Å². The number of hydrogen-bond donors (Lipinski definition) is 3. The average molecular weight is 899 g/mol. The fourth-order valence-electron chi connectivity index (χ4n) is 8.01. The van der Waals surface area contributed by atoms with Crippen molar-refractivity contribution >= 4 is 50.3 Å². The highest BCUT2D eigenvalue weighted by molar-refractivity contribution is 7.91. The summed E-state index contributed by atoms with van der Waals surface area (Å²) in [6.45, 7) is 4.94. The SMILES string of the molecule is CN(C)c1ccc2c(OC3C[C@H]4C(=O)N[C@]5(C(=O)NS(=O)(=O)C6CC6)C[C@H]5/C=C\CCCCC[C@H](NC(=O)OC(C)(C)C)C(=O)N4C3)nc(-c3ccc(OC(F)(F)F)cc3)cc2c1. The predicted octanol–water partition coefficient (Wildman–Crippen LogP) is 6.11. The average Bonchev–Trinajstić information content (AvgIpc) is 4.12. The maximum absolute atomic E-state index is 14.7. The van der Waals surface area contributed by atoms with Gasteiger partial charge in [-0.05, 0) is 113 Å². The molecule has 2 saturated carbocycles. The summed E-state index contributed by atoms with van der Waals surface area (Å²) >= 11 is 0. The Morgan fingerprint density at radius 3 is 2.38 bits per heavy atom. The molecule has 63 heavy (non-hydrogen) atoms. The van der Waals surface area contributed by atoms with Crippen molar-refractivity contribution in [1.82, 2.24) is 25.2 Å². The van der Waals surface area contributed by atoms with Crippen LogP contribution in [0.15, 0.2) is 60.7 Å². The van der Waals surface area contributed by atoms with Crippen LogP contribution >= 0.6 is 0 Å². The number of rotatable bonds is 9. The normalized spacial score (nSPS) is 25.0. The molecule has 4 aliphatic rings. The number of anilines is 1. The quantitative estimate of drug-likeness (QED) is 0.211. The molecule has 2 aliphatic carbocycles. The van der Waals surface area contributed by atoms with Gasteiger partial charge in [-0.25, -0.2) is 18.2 Å². The van der Waals surface area contributed by atoms with Crippen molar-refractivity contribution in [2.45, 2.75) is 119 Å². The molecule has 5 atom stereocenters. The molecule has 0 spiro atoms. The summed E-state index contributed by atoms with van der Waals surface area (Å²) in [7, 11) is -0.229. The number of carbonyl (C=O) groups is 4. The summed E-state index contributed by atoms with van der Waals surface area (Å²) in [5.41, 5.74) is -0.802. The van der Waals surface area contributed by atoms with Crippen LogP contribution in [0.1, 0.15) is 78.6 Å². The Balaban J connectivity index is 1.24.